The third-order valence-corrected chi connectivity index (χ3v) is 6.17. The van der Waals surface area contributed by atoms with Gasteiger partial charge in [-0.05, 0) is 25.0 Å². The molecule has 0 aromatic carbocycles. The number of aromatic nitrogens is 3. The van der Waals surface area contributed by atoms with Gasteiger partial charge >= 0.3 is 5.97 Å². The van der Waals surface area contributed by atoms with Crippen molar-refractivity contribution in [3.63, 3.8) is 0 Å². The predicted octanol–water partition coefficient (Wildman–Crippen LogP) is 2.20. The Labute approximate surface area is 182 Å². The van der Waals surface area contributed by atoms with Gasteiger partial charge < -0.3 is 15.3 Å². The number of rotatable bonds is 7. The van der Waals surface area contributed by atoms with Gasteiger partial charge in [0.15, 0.2) is 10.8 Å². The SMILES string of the molecule is CCCCNC(=O)C1CN(c2cc(C)c3c(=O)c(C(=O)O)cn(-c4nccs4)c3n2)C1. The summed E-state index contributed by atoms with van der Waals surface area (Å²) >= 11 is 1.32. The summed E-state index contributed by atoms with van der Waals surface area (Å²) < 4.78 is 1.55. The first-order valence-electron chi connectivity index (χ1n) is 10.1. The second kappa shape index (κ2) is 8.46. The number of carbonyl (C=O) groups excluding carboxylic acids is 1. The lowest BCUT2D eigenvalue weighted by Gasteiger charge is -2.39. The van der Waals surface area contributed by atoms with Gasteiger partial charge in [-0.1, -0.05) is 13.3 Å². The van der Waals surface area contributed by atoms with Gasteiger partial charge in [0.2, 0.25) is 11.3 Å². The summed E-state index contributed by atoms with van der Waals surface area (Å²) in [5.41, 5.74) is 0.0989. The number of pyridine rings is 2. The van der Waals surface area contributed by atoms with Crippen LogP contribution in [-0.2, 0) is 4.79 Å². The Kier molecular flexibility index (Phi) is 5.73. The first-order valence-corrected chi connectivity index (χ1v) is 11.0. The molecular weight excluding hydrogens is 418 g/mol. The number of unbranched alkanes of at least 4 members (excludes halogenated alkanes) is 1. The number of nitrogens with zero attached hydrogens (tertiary/aromatic N) is 4. The van der Waals surface area contributed by atoms with Crippen molar-refractivity contribution in [2.45, 2.75) is 26.7 Å². The maximum Gasteiger partial charge on any atom is 0.341 e. The van der Waals surface area contributed by atoms with Crippen LogP contribution in [0.5, 0.6) is 0 Å². The zero-order valence-electron chi connectivity index (χ0n) is 17.3. The maximum absolute atomic E-state index is 12.8. The van der Waals surface area contributed by atoms with Crippen molar-refractivity contribution < 1.29 is 14.7 Å². The normalized spacial score (nSPS) is 13.9. The molecule has 1 aliphatic heterocycles. The monoisotopic (exact) mass is 441 g/mol. The van der Waals surface area contributed by atoms with Crippen molar-refractivity contribution >= 4 is 40.1 Å². The third kappa shape index (κ3) is 3.90. The van der Waals surface area contributed by atoms with Crippen LogP contribution in [0.1, 0.15) is 35.7 Å². The Morgan fingerprint density at radius 3 is 2.77 bits per heavy atom. The van der Waals surface area contributed by atoms with Crippen LogP contribution < -0.4 is 15.6 Å². The number of hydrogen-bond acceptors (Lipinski definition) is 7. The van der Waals surface area contributed by atoms with Gasteiger partial charge in [0.05, 0.1) is 11.3 Å². The average molecular weight is 442 g/mol. The number of carbonyl (C=O) groups is 2. The van der Waals surface area contributed by atoms with Crippen molar-refractivity contribution in [2.24, 2.45) is 5.92 Å². The molecule has 0 spiro atoms. The predicted molar refractivity (Wildman–Crippen MR) is 118 cm³/mol. The standard InChI is InChI=1S/C21H23N5O4S/c1-3-4-5-22-19(28)13-9-25(10-13)15-8-12(2)16-17(27)14(20(29)30)11-26(18(16)24-15)21-23-6-7-31-21/h6-8,11,13H,3-5,9-10H2,1-2H3,(H,22,28)(H,29,30). The molecule has 3 aromatic heterocycles. The van der Waals surface area contributed by atoms with Crippen molar-refractivity contribution in [1.82, 2.24) is 19.9 Å². The van der Waals surface area contributed by atoms with E-state index in [1.165, 1.54) is 17.5 Å². The molecule has 1 saturated heterocycles. The minimum atomic E-state index is -1.29. The number of hydrogen-bond donors (Lipinski definition) is 2. The number of carboxylic acid groups (broad SMARTS) is 1. The number of carboxylic acids is 1. The van der Waals surface area contributed by atoms with Crippen LogP contribution in [0.2, 0.25) is 0 Å². The second-order valence-electron chi connectivity index (χ2n) is 7.60. The molecule has 1 aliphatic rings. The van der Waals surface area contributed by atoms with Crippen molar-refractivity contribution in [3.8, 4) is 5.13 Å². The van der Waals surface area contributed by atoms with E-state index < -0.39 is 11.4 Å². The van der Waals surface area contributed by atoms with Gasteiger partial charge in [-0.2, -0.15) is 0 Å². The maximum atomic E-state index is 12.8. The molecule has 1 amide bonds. The van der Waals surface area contributed by atoms with Gasteiger partial charge in [0.1, 0.15) is 11.4 Å². The molecule has 1 fully saturated rings. The van der Waals surface area contributed by atoms with E-state index in [1.807, 2.05) is 4.90 Å². The fraction of sp³-hybridized carbons (Fsp3) is 0.381. The molecular formula is C21H23N5O4S. The molecule has 162 valence electrons. The van der Waals surface area contributed by atoms with Gasteiger partial charge in [0, 0.05) is 37.4 Å². The first kappa shape index (κ1) is 21.0. The topological polar surface area (TPSA) is 117 Å². The van der Waals surface area contributed by atoms with Gasteiger partial charge in [0.25, 0.3) is 0 Å². The molecule has 0 atom stereocenters. The van der Waals surface area contributed by atoms with Crippen LogP contribution in [0.4, 0.5) is 5.82 Å². The van der Waals surface area contributed by atoms with Gasteiger partial charge in [-0.15, -0.1) is 11.3 Å². The minimum Gasteiger partial charge on any atom is -0.477 e. The highest BCUT2D eigenvalue weighted by atomic mass is 32.1. The third-order valence-electron chi connectivity index (χ3n) is 5.40. The zero-order chi connectivity index (χ0) is 22.1. The van der Waals surface area contributed by atoms with E-state index in [2.05, 4.69) is 22.2 Å². The molecule has 0 bridgehead atoms. The fourth-order valence-corrected chi connectivity index (χ4v) is 4.25. The zero-order valence-corrected chi connectivity index (χ0v) is 18.1. The number of aromatic carboxylic acids is 1. The Balaban J connectivity index is 1.70. The van der Waals surface area contributed by atoms with E-state index in [9.17, 15) is 19.5 Å². The van der Waals surface area contributed by atoms with Crippen LogP contribution in [0.25, 0.3) is 16.2 Å². The molecule has 4 rings (SSSR count). The Morgan fingerprint density at radius 2 is 2.13 bits per heavy atom. The molecule has 9 nitrogen and oxygen atoms in total. The molecule has 0 saturated carbocycles. The Morgan fingerprint density at radius 1 is 1.35 bits per heavy atom. The van der Waals surface area contributed by atoms with Gasteiger partial charge in [-0.3, -0.25) is 14.2 Å². The summed E-state index contributed by atoms with van der Waals surface area (Å²) in [5, 5.41) is 15.0. The highest BCUT2D eigenvalue weighted by Crippen LogP contribution is 2.28. The number of amides is 1. The molecule has 10 heteroatoms. The lowest BCUT2D eigenvalue weighted by molar-refractivity contribution is -0.125. The number of fused-ring (bicyclic) bond motifs is 1. The highest BCUT2D eigenvalue weighted by molar-refractivity contribution is 7.12. The quantitative estimate of drug-likeness (QED) is 0.540. The van der Waals surface area contributed by atoms with Crippen LogP contribution in [0.3, 0.4) is 0 Å². The summed E-state index contributed by atoms with van der Waals surface area (Å²) in [6.07, 6.45) is 4.88. The molecule has 0 aliphatic carbocycles. The Hall–Kier alpha value is -3.27. The van der Waals surface area contributed by atoms with Crippen LogP contribution in [0.15, 0.2) is 28.6 Å². The average Bonchev–Trinajstić information content (AvgIpc) is 3.21. The highest BCUT2D eigenvalue weighted by Gasteiger charge is 2.34. The summed E-state index contributed by atoms with van der Waals surface area (Å²) in [4.78, 5) is 47.6. The largest absolute Gasteiger partial charge is 0.477 e. The van der Waals surface area contributed by atoms with E-state index >= 15 is 0 Å². The van der Waals surface area contributed by atoms with E-state index in [-0.39, 0.29) is 22.8 Å². The molecule has 4 heterocycles. The van der Waals surface area contributed by atoms with E-state index in [0.717, 1.165) is 12.8 Å². The van der Waals surface area contributed by atoms with Crippen LogP contribution in [0, 0.1) is 12.8 Å². The van der Waals surface area contributed by atoms with E-state index in [1.54, 1.807) is 29.1 Å². The number of anilines is 1. The minimum absolute atomic E-state index is 0.0491. The van der Waals surface area contributed by atoms with Crippen LogP contribution in [-0.4, -0.2) is 51.2 Å². The van der Waals surface area contributed by atoms with Crippen molar-refractivity contribution in [3.05, 3.63) is 45.2 Å². The number of aryl methyl sites for hydroxylation is 1. The fourth-order valence-electron chi connectivity index (χ4n) is 3.64. The molecule has 2 N–H and O–H groups in total. The lowest BCUT2D eigenvalue weighted by atomic mass is 9.98. The molecule has 3 aromatic rings. The summed E-state index contributed by atoms with van der Waals surface area (Å²) in [7, 11) is 0. The molecule has 31 heavy (non-hydrogen) atoms. The second-order valence-corrected chi connectivity index (χ2v) is 8.48. The summed E-state index contributed by atoms with van der Waals surface area (Å²) in [5.74, 6) is -0.686. The number of nitrogens with one attached hydrogen (secondary N) is 1. The van der Waals surface area contributed by atoms with Gasteiger partial charge in [-0.25, -0.2) is 14.8 Å². The van der Waals surface area contributed by atoms with Crippen molar-refractivity contribution in [2.75, 3.05) is 24.5 Å². The van der Waals surface area contributed by atoms with Crippen LogP contribution >= 0.6 is 11.3 Å². The summed E-state index contributed by atoms with van der Waals surface area (Å²) in [6.45, 7) is 5.62. The first-order chi connectivity index (χ1) is 14.9. The molecule has 0 radical (unpaired) electrons. The Bertz CT molecular complexity index is 1200. The molecule has 0 unspecified atom stereocenters. The lowest BCUT2D eigenvalue weighted by Crippen LogP contribution is -2.54. The van der Waals surface area contributed by atoms with E-state index in [0.29, 0.717) is 41.8 Å². The summed E-state index contributed by atoms with van der Waals surface area (Å²) in [6, 6.07) is 1.77. The smallest absolute Gasteiger partial charge is 0.341 e. The van der Waals surface area contributed by atoms with Crippen molar-refractivity contribution in [1.29, 1.82) is 0 Å². The number of thiazole rings is 1. The van der Waals surface area contributed by atoms with E-state index in [4.69, 9.17) is 0 Å².